The quantitative estimate of drug-likeness (QED) is 0.773. The molecule has 0 unspecified atom stereocenters. The number of benzene rings is 1. The monoisotopic (exact) mass is 251 g/mol. The van der Waals surface area contributed by atoms with E-state index in [2.05, 4.69) is 20.4 Å². The van der Waals surface area contributed by atoms with E-state index in [1.165, 1.54) is 6.33 Å². The maximum atomic E-state index is 4.51. The zero-order valence-electron chi connectivity index (χ0n) is 10.3. The van der Waals surface area contributed by atoms with Gasteiger partial charge < -0.3 is 5.32 Å². The van der Waals surface area contributed by atoms with Crippen molar-refractivity contribution in [3.63, 3.8) is 0 Å². The molecule has 3 aromatic rings. The van der Waals surface area contributed by atoms with Crippen molar-refractivity contribution in [1.29, 1.82) is 0 Å². The fourth-order valence-electron chi connectivity index (χ4n) is 1.76. The predicted octanol–water partition coefficient (Wildman–Crippen LogP) is 2.27. The molecule has 0 spiro atoms. The van der Waals surface area contributed by atoms with E-state index in [4.69, 9.17) is 0 Å². The Kier molecular flexibility index (Phi) is 3.18. The summed E-state index contributed by atoms with van der Waals surface area (Å²) in [7, 11) is 0. The van der Waals surface area contributed by atoms with E-state index in [1.54, 1.807) is 12.4 Å². The lowest BCUT2D eigenvalue weighted by Gasteiger charge is -2.03. The molecule has 1 aromatic carbocycles. The van der Waals surface area contributed by atoms with E-state index >= 15 is 0 Å². The van der Waals surface area contributed by atoms with Crippen LogP contribution >= 0.6 is 0 Å². The smallest absolute Gasteiger partial charge is 0.115 e. The zero-order valence-corrected chi connectivity index (χ0v) is 10.3. The number of hydrogen-bond donors (Lipinski definition) is 1. The maximum Gasteiger partial charge on any atom is 0.115 e. The van der Waals surface area contributed by atoms with Crippen LogP contribution in [0.25, 0.3) is 5.69 Å². The molecule has 0 atom stereocenters. The van der Waals surface area contributed by atoms with E-state index in [0.717, 1.165) is 17.1 Å². The molecule has 19 heavy (non-hydrogen) atoms. The molecule has 2 heterocycles. The lowest BCUT2D eigenvalue weighted by Crippen LogP contribution is -2.02. The van der Waals surface area contributed by atoms with Crippen LogP contribution in [0.1, 0.15) is 5.69 Å². The first-order valence-electron chi connectivity index (χ1n) is 6.01. The molecule has 94 valence electrons. The Morgan fingerprint density at radius 1 is 1.00 bits per heavy atom. The van der Waals surface area contributed by atoms with Crippen LogP contribution in [-0.4, -0.2) is 19.7 Å². The highest BCUT2D eigenvalue weighted by molar-refractivity contribution is 5.37. The predicted molar refractivity (Wildman–Crippen MR) is 72.9 cm³/mol. The third kappa shape index (κ3) is 2.77. The number of para-hydroxylation sites is 1. The fourth-order valence-corrected chi connectivity index (χ4v) is 1.76. The summed E-state index contributed by atoms with van der Waals surface area (Å²) in [6.45, 7) is 0.646. The second kappa shape index (κ2) is 5.30. The van der Waals surface area contributed by atoms with Crippen LogP contribution in [0, 0.1) is 0 Å². The molecule has 0 radical (unpaired) electrons. The Balaban J connectivity index is 1.69. The van der Waals surface area contributed by atoms with Crippen LogP contribution in [0.3, 0.4) is 0 Å². The van der Waals surface area contributed by atoms with Gasteiger partial charge in [-0.25, -0.2) is 14.6 Å². The van der Waals surface area contributed by atoms with Crippen molar-refractivity contribution in [3.8, 4) is 5.69 Å². The summed E-state index contributed by atoms with van der Waals surface area (Å²) in [5, 5.41) is 7.73. The van der Waals surface area contributed by atoms with E-state index in [0.29, 0.717) is 6.54 Å². The number of aromatic nitrogens is 4. The molecule has 0 bridgehead atoms. The van der Waals surface area contributed by atoms with E-state index < -0.39 is 0 Å². The number of rotatable bonds is 4. The number of hydrogen-bond acceptors (Lipinski definition) is 4. The lowest BCUT2D eigenvalue weighted by molar-refractivity contribution is 0.843. The molecule has 1 N–H and O–H groups in total. The SMILES string of the molecule is c1ccc(-n2ccc(CNc3cncnc3)n2)cc1. The normalized spacial score (nSPS) is 10.3. The Bertz CT molecular complexity index is 633. The highest BCUT2D eigenvalue weighted by Crippen LogP contribution is 2.08. The minimum Gasteiger partial charge on any atom is -0.377 e. The average Bonchev–Trinajstić information content (AvgIpc) is 2.96. The molecule has 0 aliphatic heterocycles. The van der Waals surface area contributed by atoms with E-state index in [1.807, 2.05) is 47.3 Å². The lowest BCUT2D eigenvalue weighted by atomic mass is 10.3. The molecular weight excluding hydrogens is 238 g/mol. The molecule has 0 aliphatic rings. The highest BCUT2D eigenvalue weighted by atomic mass is 15.3. The molecule has 0 saturated heterocycles. The molecule has 0 saturated carbocycles. The van der Waals surface area contributed by atoms with Crippen molar-refractivity contribution in [2.45, 2.75) is 6.54 Å². The third-order valence-corrected chi connectivity index (χ3v) is 2.70. The second-order valence-electron chi connectivity index (χ2n) is 4.07. The number of nitrogens with zero attached hydrogens (tertiary/aromatic N) is 4. The van der Waals surface area contributed by atoms with Crippen LogP contribution in [0.4, 0.5) is 5.69 Å². The van der Waals surface area contributed by atoms with E-state index in [9.17, 15) is 0 Å². The summed E-state index contributed by atoms with van der Waals surface area (Å²) in [4.78, 5) is 7.90. The molecule has 5 nitrogen and oxygen atoms in total. The van der Waals surface area contributed by atoms with E-state index in [-0.39, 0.29) is 0 Å². The van der Waals surface area contributed by atoms with Crippen molar-refractivity contribution < 1.29 is 0 Å². The largest absolute Gasteiger partial charge is 0.377 e. The standard InChI is InChI=1S/C14H13N5/c1-2-4-14(5-3-1)19-7-6-12(18-19)10-17-13-8-15-11-16-9-13/h1-9,11,17H,10H2. The maximum absolute atomic E-state index is 4.51. The van der Waals surface area contributed by atoms with Crippen molar-refractivity contribution in [1.82, 2.24) is 19.7 Å². The molecule has 0 fully saturated rings. The van der Waals surface area contributed by atoms with Gasteiger partial charge in [-0.3, -0.25) is 0 Å². The summed E-state index contributed by atoms with van der Waals surface area (Å²) in [5.41, 5.74) is 2.90. The summed E-state index contributed by atoms with van der Waals surface area (Å²) >= 11 is 0. The zero-order chi connectivity index (χ0) is 12.9. The first-order chi connectivity index (χ1) is 9.42. The van der Waals surface area contributed by atoms with Gasteiger partial charge in [-0.2, -0.15) is 5.10 Å². The Hall–Kier alpha value is -2.69. The Labute approximate surface area is 111 Å². The van der Waals surface area contributed by atoms with Gasteiger partial charge in [-0.05, 0) is 18.2 Å². The fraction of sp³-hybridized carbons (Fsp3) is 0.0714. The van der Waals surface area contributed by atoms with Gasteiger partial charge in [-0.1, -0.05) is 18.2 Å². The van der Waals surface area contributed by atoms with Gasteiger partial charge in [0, 0.05) is 6.20 Å². The Morgan fingerprint density at radius 3 is 2.58 bits per heavy atom. The molecule has 3 rings (SSSR count). The number of nitrogens with one attached hydrogen (secondary N) is 1. The Morgan fingerprint density at radius 2 is 1.79 bits per heavy atom. The number of anilines is 1. The first-order valence-corrected chi connectivity index (χ1v) is 6.01. The van der Waals surface area contributed by atoms with Crippen molar-refractivity contribution in [2.75, 3.05) is 5.32 Å². The molecule has 0 amide bonds. The van der Waals surface area contributed by atoms with Gasteiger partial charge in [0.25, 0.3) is 0 Å². The van der Waals surface area contributed by atoms with Crippen molar-refractivity contribution in [3.05, 3.63) is 67.0 Å². The van der Waals surface area contributed by atoms with Crippen LogP contribution in [0.2, 0.25) is 0 Å². The van der Waals surface area contributed by atoms with Gasteiger partial charge in [0.2, 0.25) is 0 Å². The molecule has 0 aliphatic carbocycles. The van der Waals surface area contributed by atoms with Crippen LogP contribution in [-0.2, 0) is 6.54 Å². The minimum absolute atomic E-state index is 0.646. The summed E-state index contributed by atoms with van der Waals surface area (Å²) < 4.78 is 1.86. The first kappa shape index (κ1) is 11.4. The van der Waals surface area contributed by atoms with Gasteiger partial charge in [0.15, 0.2) is 0 Å². The molecule has 2 aromatic heterocycles. The molecular formula is C14H13N5. The van der Waals surface area contributed by atoms with Crippen LogP contribution in [0.5, 0.6) is 0 Å². The van der Waals surface area contributed by atoms with Crippen molar-refractivity contribution >= 4 is 5.69 Å². The summed E-state index contributed by atoms with van der Waals surface area (Å²) in [6, 6.07) is 12.0. The molecule has 5 heteroatoms. The van der Waals surface area contributed by atoms with Crippen LogP contribution in [0.15, 0.2) is 61.3 Å². The topological polar surface area (TPSA) is 55.6 Å². The minimum atomic E-state index is 0.646. The van der Waals surface area contributed by atoms with Gasteiger partial charge in [0.05, 0.1) is 36.0 Å². The third-order valence-electron chi connectivity index (χ3n) is 2.70. The van der Waals surface area contributed by atoms with Gasteiger partial charge >= 0.3 is 0 Å². The average molecular weight is 251 g/mol. The van der Waals surface area contributed by atoms with Gasteiger partial charge in [-0.15, -0.1) is 0 Å². The summed E-state index contributed by atoms with van der Waals surface area (Å²) in [6.07, 6.45) is 6.94. The van der Waals surface area contributed by atoms with Crippen molar-refractivity contribution in [2.24, 2.45) is 0 Å². The van der Waals surface area contributed by atoms with Crippen LogP contribution < -0.4 is 5.32 Å². The summed E-state index contributed by atoms with van der Waals surface area (Å²) in [5.74, 6) is 0. The second-order valence-corrected chi connectivity index (χ2v) is 4.07. The highest BCUT2D eigenvalue weighted by Gasteiger charge is 2.00. The van der Waals surface area contributed by atoms with Gasteiger partial charge in [0.1, 0.15) is 6.33 Å².